The quantitative estimate of drug-likeness (QED) is 0.423. The number of ether oxygens (including phenoxy) is 4. The zero-order valence-corrected chi connectivity index (χ0v) is 15.3. The predicted molar refractivity (Wildman–Crippen MR) is 102 cm³/mol. The van der Waals surface area contributed by atoms with Gasteiger partial charge in [0.2, 0.25) is 0 Å². The summed E-state index contributed by atoms with van der Waals surface area (Å²) < 4.78 is 20.2. The Bertz CT molecular complexity index is 867. The number of esters is 2. The van der Waals surface area contributed by atoms with Gasteiger partial charge in [-0.3, -0.25) is 0 Å². The van der Waals surface area contributed by atoms with Crippen molar-refractivity contribution in [3.63, 3.8) is 0 Å². The van der Waals surface area contributed by atoms with Gasteiger partial charge in [0.05, 0.1) is 21.3 Å². The van der Waals surface area contributed by atoms with Crippen molar-refractivity contribution in [3.05, 3.63) is 65.7 Å². The molecular weight excluding hydrogens is 348 g/mol. The van der Waals surface area contributed by atoms with Gasteiger partial charge >= 0.3 is 11.9 Å². The van der Waals surface area contributed by atoms with Gasteiger partial charge in [0.15, 0.2) is 11.5 Å². The Labute approximate surface area is 157 Å². The summed E-state index contributed by atoms with van der Waals surface area (Å²) in [5.74, 6) is 0.321. The van der Waals surface area contributed by atoms with Crippen LogP contribution in [0.1, 0.15) is 11.1 Å². The number of rotatable bonds is 7. The Balaban J connectivity index is 2.09. The third-order valence-corrected chi connectivity index (χ3v) is 3.52. The van der Waals surface area contributed by atoms with Crippen LogP contribution in [0.4, 0.5) is 0 Å². The van der Waals surface area contributed by atoms with Crippen LogP contribution in [-0.2, 0) is 14.3 Å². The summed E-state index contributed by atoms with van der Waals surface area (Å²) in [6.45, 7) is 0. The lowest BCUT2D eigenvalue weighted by molar-refractivity contribution is -0.134. The second-order valence-corrected chi connectivity index (χ2v) is 5.30. The van der Waals surface area contributed by atoms with E-state index in [1.807, 2.05) is 18.2 Å². The molecule has 0 aromatic heterocycles. The Kier molecular flexibility index (Phi) is 7.19. The van der Waals surface area contributed by atoms with Gasteiger partial charge in [-0.25, -0.2) is 9.59 Å². The maximum absolute atomic E-state index is 12.1. The van der Waals surface area contributed by atoms with Crippen LogP contribution in [0.2, 0.25) is 0 Å². The second kappa shape index (κ2) is 9.82. The van der Waals surface area contributed by atoms with Crippen molar-refractivity contribution in [2.24, 2.45) is 0 Å². The number of hydrogen-bond acceptors (Lipinski definition) is 6. The van der Waals surface area contributed by atoms with Gasteiger partial charge in [-0.15, -0.1) is 0 Å². The van der Waals surface area contributed by atoms with Crippen LogP contribution in [-0.4, -0.2) is 33.3 Å². The monoisotopic (exact) mass is 368 g/mol. The first-order valence-electron chi connectivity index (χ1n) is 8.03. The number of hydrogen-bond donors (Lipinski definition) is 0. The molecule has 27 heavy (non-hydrogen) atoms. The SMILES string of the molecule is COC(=O)/C=C/c1ccc(OC(=O)/C=C/c2cccc(OC)c2)c(OC)c1. The summed E-state index contributed by atoms with van der Waals surface area (Å²) >= 11 is 0. The van der Waals surface area contributed by atoms with Gasteiger partial charge in [-0.1, -0.05) is 18.2 Å². The zero-order chi connectivity index (χ0) is 19.6. The zero-order valence-electron chi connectivity index (χ0n) is 15.3. The van der Waals surface area contributed by atoms with Crippen LogP contribution in [0.5, 0.6) is 17.2 Å². The van der Waals surface area contributed by atoms with Crippen LogP contribution < -0.4 is 14.2 Å². The summed E-state index contributed by atoms with van der Waals surface area (Å²) in [5, 5.41) is 0. The molecule has 0 aliphatic rings. The fraction of sp³-hybridized carbons (Fsp3) is 0.143. The maximum atomic E-state index is 12.1. The molecule has 2 rings (SSSR count). The standard InChI is InChI=1S/C21H20O6/c1-24-17-6-4-5-15(13-17)9-12-21(23)27-18-10-7-16(14-19(18)25-2)8-11-20(22)26-3/h4-14H,1-3H3/b11-8+,12-9+. The van der Waals surface area contributed by atoms with Crippen molar-refractivity contribution in [3.8, 4) is 17.2 Å². The van der Waals surface area contributed by atoms with E-state index in [0.717, 1.165) is 5.56 Å². The first-order chi connectivity index (χ1) is 13.0. The minimum absolute atomic E-state index is 0.271. The van der Waals surface area contributed by atoms with Gasteiger partial charge in [-0.2, -0.15) is 0 Å². The number of benzene rings is 2. The minimum atomic E-state index is -0.547. The van der Waals surface area contributed by atoms with E-state index in [0.29, 0.717) is 17.1 Å². The van der Waals surface area contributed by atoms with Crippen LogP contribution in [0.15, 0.2) is 54.6 Å². The molecule has 0 amide bonds. The van der Waals surface area contributed by atoms with Crippen molar-refractivity contribution in [2.45, 2.75) is 0 Å². The van der Waals surface area contributed by atoms with E-state index in [9.17, 15) is 9.59 Å². The molecule has 0 saturated heterocycles. The molecule has 6 heteroatoms. The first kappa shape index (κ1) is 19.8. The predicted octanol–water partition coefficient (Wildman–Crippen LogP) is 3.51. The molecule has 2 aromatic carbocycles. The van der Waals surface area contributed by atoms with Gasteiger partial charge < -0.3 is 18.9 Å². The van der Waals surface area contributed by atoms with E-state index in [-0.39, 0.29) is 5.75 Å². The molecule has 0 saturated carbocycles. The molecular formula is C21H20O6. The molecule has 0 heterocycles. The Morgan fingerprint density at radius 1 is 0.778 bits per heavy atom. The fourth-order valence-corrected chi connectivity index (χ4v) is 2.16. The van der Waals surface area contributed by atoms with Gasteiger partial charge in [0.1, 0.15) is 5.75 Å². The molecule has 0 aliphatic carbocycles. The number of methoxy groups -OCH3 is 3. The molecule has 0 atom stereocenters. The van der Waals surface area contributed by atoms with Crippen molar-refractivity contribution in [1.82, 2.24) is 0 Å². The summed E-state index contributed by atoms with van der Waals surface area (Å²) in [7, 11) is 4.34. The molecule has 0 radical (unpaired) electrons. The minimum Gasteiger partial charge on any atom is -0.497 e. The van der Waals surface area contributed by atoms with Gasteiger partial charge in [0, 0.05) is 12.2 Å². The highest BCUT2D eigenvalue weighted by atomic mass is 16.6. The molecule has 0 unspecified atom stereocenters. The highest BCUT2D eigenvalue weighted by molar-refractivity contribution is 5.89. The van der Waals surface area contributed by atoms with Crippen LogP contribution in [0.3, 0.4) is 0 Å². The van der Waals surface area contributed by atoms with Crippen LogP contribution in [0.25, 0.3) is 12.2 Å². The van der Waals surface area contributed by atoms with Crippen molar-refractivity contribution in [2.75, 3.05) is 21.3 Å². The lowest BCUT2D eigenvalue weighted by atomic mass is 10.2. The molecule has 0 spiro atoms. The topological polar surface area (TPSA) is 71.1 Å². The van der Waals surface area contributed by atoms with E-state index in [1.54, 1.807) is 43.5 Å². The highest BCUT2D eigenvalue weighted by Gasteiger charge is 2.08. The summed E-state index contributed by atoms with van der Waals surface area (Å²) in [5.41, 5.74) is 1.51. The van der Waals surface area contributed by atoms with Crippen molar-refractivity contribution in [1.29, 1.82) is 0 Å². The second-order valence-electron chi connectivity index (χ2n) is 5.30. The fourth-order valence-electron chi connectivity index (χ4n) is 2.16. The Morgan fingerprint density at radius 3 is 2.15 bits per heavy atom. The average Bonchev–Trinajstić information content (AvgIpc) is 2.71. The van der Waals surface area contributed by atoms with Crippen molar-refractivity contribution < 1.29 is 28.5 Å². The van der Waals surface area contributed by atoms with Gasteiger partial charge in [0.25, 0.3) is 0 Å². The molecule has 0 aliphatic heterocycles. The smallest absolute Gasteiger partial charge is 0.336 e. The summed E-state index contributed by atoms with van der Waals surface area (Å²) in [6.07, 6.45) is 5.81. The highest BCUT2D eigenvalue weighted by Crippen LogP contribution is 2.29. The molecule has 0 N–H and O–H groups in total. The average molecular weight is 368 g/mol. The lowest BCUT2D eigenvalue weighted by Gasteiger charge is -2.08. The normalized spacial score (nSPS) is 10.8. The van der Waals surface area contributed by atoms with E-state index in [4.69, 9.17) is 14.2 Å². The van der Waals surface area contributed by atoms with E-state index in [1.165, 1.54) is 26.4 Å². The summed E-state index contributed by atoms with van der Waals surface area (Å²) in [6, 6.07) is 12.2. The Hall–Kier alpha value is -3.54. The third kappa shape index (κ3) is 6.04. The van der Waals surface area contributed by atoms with Crippen LogP contribution in [0, 0.1) is 0 Å². The maximum Gasteiger partial charge on any atom is 0.336 e. The number of carbonyl (C=O) groups excluding carboxylic acids is 2. The first-order valence-corrected chi connectivity index (χ1v) is 8.03. The largest absolute Gasteiger partial charge is 0.497 e. The molecule has 2 aromatic rings. The van der Waals surface area contributed by atoms with Crippen molar-refractivity contribution >= 4 is 24.1 Å². The molecule has 0 fully saturated rings. The summed E-state index contributed by atoms with van der Waals surface area (Å²) in [4.78, 5) is 23.2. The van der Waals surface area contributed by atoms with Crippen LogP contribution >= 0.6 is 0 Å². The van der Waals surface area contributed by atoms with E-state index < -0.39 is 11.9 Å². The third-order valence-electron chi connectivity index (χ3n) is 3.52. The molecule has 140 valence electrons. The van der Waals surface area contributed by atoms with E-state index >= 15 is 0 Å². The number of carbonyl (C=O) groups is 2. The molecule has 6 nitrogen and oxygen atoms in total. The molecule has 0 bridgehead atoms. The lowest BCUT2D eigenvalue weighted by Crippen LogP contribution is -2.05. The Morgan fingerprint density at radius 2 is 1.48 bits per heavy atom. The van der Waals surface area contributed by atoms with E-state index in [2.05, 4.69) is 4.74 Å². The van der Waals surface area contributed by atoms with Gasteiger partial charge in [-0.05, 0) is 47.5 Å².